The van der Waals surface area contributed by atoms with Crippen LogP contribution >= 0.6 is 0 Å². The molecule has 0 N–H and O–H groups in total. The zero-order valence-corrected chi connectivity index (χ0v) is 7.21. The molecular formula is C8H5F4NO2. The summed E-state index contributed by atoms with van der Waals surface area (Å²) >= 11 is 0. The van der Waals surface area contributed by atoms with Crippen LogP contribution in [0.2, 0.25) is 0 Å². The van der Waals surface area contributed by atoms with Gasteiger partial charge in [-0.3, -0.25) is 10.1 Å². The van der Waals surface area contributed by atoms with E-state index in [0.717, 1.165) is 6.07 Å². The van der Waals surface area contributed by atoms with Crippen LogP contribution in [0.5, 0.6) is 0 Å². The van der Waals surface area contributed by atoms with Crippen molar-refractivity contribution in [1.29, 1.82) is 0 Å². The van der Waals surface area contributed by atoms with Crippen molar-refractivity contribution in [2.75, 3.05) is 0 Å². The van der Waals surface area contributed by atoms with Crippen LogP contribution in [0.15, 0.2) is 18.2 Å². The standard InChI is InChI=1S/C8H5F4NO2/c9-6-2-1-5(4-8(10,11)12)3-7(6)13(14)15/h1-3H,4H2. The molecule has 0 aliphatic rings. The highest BCUT2D eigenvalue weighted by Crippen LogP contribution is 2.25. The smallest absolute Gasteiger partial charge is 0.258 e. The number of hydrogen-bond donors (Lipinski definition) is 0. The number of hydrogen-bond acceptors (Lipinski definition) is 2. The van der Waals surface area contributed by atoms with E-state index in [-0.39, 0.29) is 5.56 Å². The lowest BCUT2D eigenvalue weighted by Crippen LogP contribution is -2.11. The molecular weight excluding hydrogens is 218 g/mol. The molecule has 0 aromatic heterocycles. The molecule has 82 valence electrons. The first-order valence-corrected chi connectivity index (χ1v) is 3.79. The molecule has 15 heavy (non-hydrogen) atoms. The van der Waals surface area contributed by atoms with E-state index in [0.29, 0.717) is 12.1 Å². The minimum Gasteiger partial charge on any atom is -0.258 e. The Labute approximate surface area is 81.5 Å². The van der Waals surface area contributed by atoms with Gasteiger partial charge in [0, 0.05) is 6.07 Å². The maximum Gasteiger partial charge on any atom is 0.393 e. The molecule has 1 rings (SSSR count). The van der Waals surface area contributed by atoms with Gasteiger partial charge in [-0.25, -0.2) is 0 Å². The predicted molar refractivity (Wildman–Crippen MR) is 42.8 cm³/mol. The molecule has 0 atom stereocenters. The van der Waals surface area contributed by atoms with Gasteiger partial charge in [-0.15, -0.1) is 0 Å². The van der Waals surface area contributed by atoms with Gasteiger partial charge in [-0.05, 0) is 11.6 Å². The second-order valence-electron chi connectivity index (χ2n) is 2.83. The van der Waals surface area contributed by atoms with E-state index in [1.165, 1.54) is 0 Å². The largest absolute Gasteiger partial charge is 0.393 e. The average Bonchev–Trinajstić information content (AvgIpc) is 2.05. The Hall–Kier alpha value is -1.66. The van der Waals surface area contributed by atoms with E-state index in [1.807, 2.05) is 0 Å². The Kier molecular flexibility index (Phi) is 2.92. The maximum absolute atomic E-state index is 12.7. The first kappa shape index (κ1) is 11.4. The fourth-order valence-corrected chi connectivity index (χ4v) is 1.04. The zero-order valence-electron chi connectivity index (χ0n) is 7.21. The van der Waals surface area contributed by atoms with E-state index in [2.05, 4.69) is 0 Å². The molecule has 3 nitrogen and oxygen atoms in total. The lowest BCUT2D eigenvalue weighted by Gasteiger charge is -2.05. The maximum atomic E-state index is 12.7. The van der Waals surface area contributed by atoms with Crippen LogP contribution in [0, 0.1) is 15.9 Å². The van der Waals surface area contributed by atoms with E-state index in [9.17, 15) is 27.7 Å². The van der Waals surface area contributed by atoms with Crippen LogP contribution in [-0.4, -0.2) is 11.1 Å². The van der Waals surface area contributed by atoms with Gasteiger partial charge in [0.1, 0.15) is 0 Å². The highest BCUT2D eigenvalue weighted by atomic mass is 19.4. The van der Waals surface area contributed by atoms with E-state index < -0.39 is 29.0 Å². The topological polar surface area (TPSA) is 43.1 Å². The molecule has 0 aliphatic heterocycles. The molecule has 0 fully saturated rings. The molecule has 0 saturated carbocycles. The zero-order chi connectivity index (χ0) is 11.6. The Balaban J connectivity index is 3.03. The fourth-order valence-electron chi connectivity index (χ4n) is 1.04. The third-order valence-electron chi connectivity index (χ3n) is 1.61. The molecule has 1 aromatic rings. The number of benzene rings is 1. The van der Waals surface area contributed by atoms with Crippen LogP contribution in [-0.2, 0) is 6.42 Å². The molecule has 1 aromatic carbocycles. The lowest BCUT2D eigenvalue weighted by molar-refractivity contribution is -0.387. The molecule has 7 heteroatoms. The number of nitro benzene ring substituents is 1. The third kappa shape index (κ3) is 3.19. The fraction of sp³-hybridized carbons (Fsp3) is 0.250. The molecule has 0 spiro atoms. The SMILES string of the molecule is O=[N+]([O-])c1cc(CC(F)(F)F)ccc1F. The van der Waals surface area contributed by atoms with E-state index >= 15 is 0 Å². The van der Waals surface area contributed by atoms with Gasteiger partial charge in [-0.2, -0.15) is 17.6 Å². The van der Waals surface area contributed by atoms with Crippen molar-refractivity contribution in [2.45, 2.75) is 12.6 Å². The summed E-state index contributed by atoms with van der Waals surface area (Å²) in [6.07, 6.45) is -5.78. The van der Waals surface area contributed by atoms with Crippen molar-refractivity contribution in [3.8, 4) is 0 Å². The summed E-state index contributed by atoms with van der Waals surface area (Å²) in [7, 11) is 0. The van der Waals surface area contributed by atoms with Gasteiger partial charge in [0.05, 0.1) is 11.3 Å². The second-order valence-corrected chi connectivity index (χ2v) is 2.83. The molecule has 0 heterocycles. The van der Waals surface area contributed by atoms with Crippen molar-refractivity contribution >= 4 is 5.69 Å². The molecule has 0 radical (unpaired) electrons. The van der Waals surface area contributed by atoms with Crippen LogP contribution in [0.25, 0.3) is 0 Å². The number of alkyl halides is 3. The molecule has 0 amide bonds. The van der Waals surface area contributed by atoms with Gasteiger partial charge >= 0.3 is 11.9 Å². The Morgan fingerprint density at radius 1 is 1.33 bits per heavy atom. The quantitative estimate of drug-likeness (QED) is 0.439. The van der Waals surface area contributed by atoms with Gasteiger partial charge in [0.25, 0.3) is 0 Å². The summed E-state index contributed by atoms with van der Waals surface area (Å²) in [5.74, 6) is -1.15. The monoisotopic (exact) mass is 223 g/mol. The summed E-state index contributed by atoms with van der Waals surface area (Å²) in [5.41, 5.74) is -1.28. The first-order valence-electron chi connectivity index (χ1n) is 3.79. The highest BCUT2D eigenvalue weighted by molar-refractivity contribution is 5.36. The lowest BCUT2D eigenvalue weighted by atomic mass is 10.1. The normalized spacial score (nSPS) is 11.5. The van der Waals surface area contributed by atoms with Gasteiger partial charge < -0.3 is 0 Å². The summed E-state index contributed by atoms with van der Waals surface area (Å²) in [6.45, 7) is 0. The van der Waals surface area contributed by atoms with Crippen LogP contribution in [0.3, 0.4) is 0 Å². The molecule has 0 saturated heterocycles. The number of nitrogens with zero attached hydrogens (tertiary/aromatic N) is 1. The van der Waals surface area contributed by atoms with Gasteiger partial charge in [-0.1, -0.05) is 6.07 Å². The average molecular weight is 223 g/mol. The molecule has 0 aliphatic carbocycles. The molecule has 0 bridgehead atoms. The minimum absolute atomic E-state index is 0.337. The van der Waals surface area contributed by atoms with E-state index in [1.54, 1.807) is 0 Å². The summed E-state index contributed by atoms with van der Waals surface area (Å²) in [5, 5.41) is 10.2. The summed E-state index contributed by atoms with van der Waals surface area (Å²) in [4.78, 5) is 9.16. The van der Waals surface area contributed by atoms with Crippen molar-refractivity contribution in [1.82, 2.24) is 0 Å². The Morgan fingerprint density at radius 2 is 1.93 bits per heavy atom. The number of nitro groups is 1. The Bertz CT molecular complexity index is 389. The van der Waals surface area contributed by atoms with Crippen molar-refractivity contribution in [3.63, 3.8) is 0 Å². The predicted octanol–water partition coefficient (Wildman–Crippen LogP) is 2.84. The Morgan fingerprint density at radius 3 is 2.40 bits per heavy atom. The van der Waals surface area contributed by atoms with Crippen molar-refractivity contribution < 1.29 is 22.5 Å². The summed E-state index contributed by atoms with van der Waals surface area (Å²) in [6, 6.07) is 2.11. The van der Waals surface area contributed by atoms with E-state index in [4.69, 9.17) is 0 Å². The van der Waals surface area contributed by atoms with Crippen LogP contribution in [0.1, 0.15) is 5.56 Å². The third-order valence-corrected chi connectivity index (χ3v) is 1.61. The van der Waals surface area contributed by atoms with Crippen molar-refractivity contribution in [3.05, 3.63) is 39.7 Å². The number of rotatable bonds is 2. The summed E-state index contributed by atoms with van der Waals surface area (Å²) < 4.78 is 48.5. The van der Waals surface area contributed by atoms with Gasteiger partial charge in [0.15, 0.2) is 0 Å². The van der Waals surface area contributed by atoms with Gasteiger partial charge in [0.2, 0.25) is 5.82 Å². The van der Waals surface area contributed by atoms with Crippen LogP contribution < -0.4 is 0 Å². The first-order chi connectivity index (χ1) is 6.79. The molecule has 0 unspecified atom stereocenters. The minimum atomic E-state index is -4.47. The highest BCUT2D eigenvalue weighted by Gasteiger charge is 2.28. The van der Waals surface area contributed by atoms with Crippen molar-refractivity contribution in [2.24, 2.45) is 0 Å². The second kappa shape index (κ2) is 3.84. The number of halogens is 4. The van der Waals surface area contributed by atoms with Crippen LogP contribution in [0.4, 0.5) is 23.2 Å².